The SMILES string of the molecule is COc1cc(/C=N/Nc2nnc(C(C)(C)C)c(=O)n2N)ccc1O. The lowest BCUT2D eigenvalue weighted by Gasteiger charge is -2.16. The van der Waals surface area contributed by atoms with Crippen LogP contribution in [-0.4, -0.2) is 33.3 Å². The first-order chi connectivity index (χ1) is 11.2. The molecule has 1 heterocycles. The van der Waals surface area contributed by atoms with Crippen molar-refractivity contribution in [2.24, 2.45) is 5.10 Å². The second-order valence-corrected chi connectivity index (χ2v) is 6.10. The Hall–Kier alpha value is -3.10. The number of aromatic hydroxyl groups is 1. The number of benzene rings is 1. The smallest absolute Gasteiger partial charge is 0.295 e. The van der Waals surface area contributed by atoms with E-state index in [-0.39, 0.29) is 17.4 Å². The van der Waals surface area contributed by atoms with Crippen LogP contribution in [0.4, 0.5) is 5.95 Å². The van der Waals surface area contributed by atoms with E-state index >= 15 is 0 Å². The molecule has 0 radical (unpaired) electrons. The van der Waals surface area contributed by atoms with Gasteiger partial charge < -0.3 is 15.7 Å². The molecule has 0 saturated heterocycles. The van der Waals surface area contributed by atoms with Crippen LogP contribution in [0.5, 0.6) is 11.5 Å². The Morgan fingerprint density at radius 3 is 2.71 bits per heavy atom. The highest BCUT2D eigenvalue weighted by Crippen LogP contribution is 2.25. The maximum atomic E-state index is 12.2. The van der Waals surface area contributed by atoms with Crippen molar-refractivity contribution >= 4 is 12.2 Å². The van der Waals surface area contributed by atoms with Crippen LogP contribution < -0.4 is 21.6 Å². The van der Waals surface area contributed by atoms with Crippen molar-refractivity contribution in [1.82, 2.24) is 14.9 Å². The number of methoxy groups -OCH3 is 1. The van der Waals surface area contributed by atoms with Gasteiger partial charge in [0.05, 0.1) is 13.3 Å². The lowest BCUT2D eigenvalue weighted by Crippen LogP contribution is -2.38. The number of aromatic nitrogens is 3. The summed E-state index contributed by atoms with van der Waals surface area (Å²) >= 11 is 0. The van der Waals surface area contributed by atoms with Crippen LogP contribution in [-0.2, 0) is 5.41 Å². The van der Waals surface area contributed by atoms with Gasteiger partial charge in [0.1, 0.15) is 5.69 Å². The van der Waals surface area contributed by atoms with Crippen LogP contribution in [0.1, 0.15) is 32.0 Å². The van der Waals surface area contributed by atoms with Gasteiger partial charge in [-0.2, -0.15) is 9.78 Å². The lowest BCUT2D eigenvalue weighted by molar-refractivity contribution is 0.373. The Balaban J connectivity index is 2.21. The number of nitrogen functional groups attached to an aromatic ring is 1. The molecule has 0 unspecified atom stereocenters. The van der Waals surface area contributed by atoms with Gasteiger partial charge in [0, 0.05) is 5.41 Å². The average Bonchev–Trinajstić information content (AvgIpc) is 2.51. The number of hydrazone groups is 1. The number of phenolic OH excluding ortho intramolecular Hbond substituents is 1. The molecule has 9 nitrogen and oxygen atoms in total. The van der Waals surface area contributed by atoms with E-state index in [2.05, 4.69) is 20.7 Å². The van der Waals surface area contributed by atoms with E-state index in [1.165, 1.54) is 19.4 Å². The number of ether oxygens (including phenoxy) is 1. The third-order valence-corrected chi connectivity index (χ3v) is 3.19. The van der Waals surface area contributed by atoms with E-state index < -0.39 is 11.0 Å². The summed E-state index contributed by atoms with van der Waals surface area (Å²) in [6.07, 6.45) is 1.46. The minimum Gasteiger partial charge on any atom is -0.504 e. The van der Waals surface area contributed by atoms with E-state index in [1.54, 1.807) is 12.1 Å². The van der Waals surface area contributed by atoms with Crippen molar-refractivity contribution in [3.8, 4) is 11.5 Å². The molecular formula is C15H20N6O3. The number of hydrogen-bond donors (Lipinski definition) is 3. The summed E-state index contributed by atoms with van der Waals surface area (Å²) < 4.78 is 5.87. The number of hydrogen-bond acceptors (Lipinski definition) is 8. The Kier molecular flexibility index (Phi) is 4.72. The fourth-order valence-electron chi connectivity index (χ4n) is 1.88. The molecule has 0 spiro atoms. The molecular weight excluding hydrogens is 312 g/mol. The van der Waals surface area contributed by atoms with Crippen molar-refractivity contribution in [1.29, 1.82) is 0 Å². The second kappa shape index (κ2) is 6.57. The molecule has 1 aromatic heterocycles. The third-order valence-electron chi connectivity index (χ3n) is 3.19. The largest absolute Gasteiger partial charge is 0.504 e. The summed E-state index contributed by atoms with van der Waals surface area (Å²) in [6, 6.07) is 4.73. The monoisotopic (exact) mass is 332 g/mol. The number of nitrogens with zero attached hydrogens (tertiary/aromatic N) is 4. The number of nitrogens with two attached hydrogens (primary N) is 1. The molecule has 1 aromatic carbocycles. The van der Waals surface area contributed by atoms with Crippen LogP contribution >= 0.6 is 0 Å². The van der Waals surface area contributed by atoms with Crippen molar-refractivity contribution in [3.63, 3.8) is 0 Å². The zero-order valence-electron chi connectivity index (χ0n) is 13.9. The van der Waals surface area contributed by atoms with Gasteiger partial charge in [0.2, 0.25) is 0 Å². The van der Waals surface area contributed by atoms with Gasteiger partial charge in [-0.1, -0.05) is 20.8 Å². The molecule has 128 valence electrons. The van der Waals surface area contributed by atoms with E-state index in [4.69, 9.17) is 10.6 Å². The number of nitrogens with one attached hydrogen (secondary N) is 1. The van der Waals surface area contributed by atoms with Crippen LogP contribution in [0, 0.1) is 0 Å². The van der Waals surface area contributed by atoms with Gasteiger partial charge in [-0.25, -0.2) is 5.43 Å². The Labute approximate surface area is 138 Å². The van der Waals surface area contributed by atoms with E-state index in [9.17, 15) is 9.90 Å². The molecule has 2 aromatic rings. The Morgan fingerprint density at radius 2 is 2.08 bits per heavy atom. The third kappa shape index (κ3) is 3.62. The number of phenols is 1. The maximum Gasteiger partial charge on any atom is 0.295 e. The molecule has 0 aliphatic heterocycles. The summed E-state index contributed by atoms with van der Waals surface area (Å²) in [6.45, 7) is 5.55. The van der Waals surface area contributed by atoms with Crippen molar-refractivity contribution in [2.45, 2.75) is 26.2 Å². The summed E-state index contributed by atoms with van der Waals surface area (Å²) in [7, 11) is 1.45. The molecule has 2 rings (SSSR count). The molecule has 9 heteroatoms. The molecule has 0 aliphatic carbocycles. The number of rotatable bonds is 4. The molecule has 0 bridgehead atoms. The second-order valence-electron chi connectivity index (χ2n) is 6.10. The van der Waals surface area contributed by atoms with Gasteiger partial charge in [0.25, 0.3) is 11.5 Å². The highest BCUT2D eigenvalue weighted by Gasteiger charge is 2.22. The first-order valence-corrected chi connectivity index (χ1v) is 7.15. The fraction of sp³-hybridized carbons (Fsp3) is 0.333. The number of anilines is 1. The minimum absolute atomic E-state index is 0.00925. The zero-order valence-corrected chi connectivity index (χ0v) is 13.9. The predicted octanol–water partition coefficient (Wildman–Crippen LogP) is 0.810. The minimum atomic E-state index is -0.463. The standard InChI is InChI=1S/C15H20N6O3/c1-15(2,3)12-13(23)21(16)14(20-18-12)19-17-8-9-5-6-10(22)11(7-9)24-4/h5-8,22H,16H2,1-4H3,(H,19,20)/b17-8+. The highest BCUT2D eigenvalue weighted by molar-refractivity contribution is 5.81. The maximum absolute atomic E-state index is 12.2. The Morgan fingerprint density at radius 1 is 1.38 bits per heavy atom. The van der Waals surface area contributed by atoms with Gasteiger partial charge in [-0.3, -0.25) is 4.79 Å². The van der Waals surface area contributed by atoms with Gasteiger partial charge in [-0.05, 0) is 23.8 Å². The average molecular weight is 332 g/mol. The first kappa shape index (κ1) is 17.3. The molecule has 0 aliphatic rings. The fourth-order valence-corrected chi connectivity index (χ4v) is 1.88. The zero-order chi connectivity index (χ0) is 17.9. The van der Waals surface area contributed by atoms with Crippen molar-refractivity contribution in [2.75, 3.05) is 18.4 Å². The molecule has 0 atom stereocenters. The summed E-state index contributed by atoms with van der Waals surface area (Å²) in [4.78, 5) is 12.2. The lowest BCUT2D eigenvalue weighted by atomic mass is 9.93. The quantitative estimate of drug-likeness (QED) is 0.429. The normalized spacial score (nSPS) is 11.7. The van der Waals surface area contributed by atoms with Gasteiger partial charge in [-0.15, -0.1) is 10.2 Å². The Bertz CT molecular complexity index is 823. The van der Waals surface area contributed by atoms with Gasteiger partial charge >= 0.3 is 0 Å². The molecule has 0 amide bonds. The van der Waals surface area contributed by atoms with Gasteiger partial charge in [0.15, 0.2) is 11.5 Å². The van der Waals surface area contributed by atoms with Crippen LogP contribution in [0.15, 0.2) is 28.1 Å². The van der Waals surface area contributed by atoms with E-state index in [0.29, 0.717) is 11.3 Å². The summed E-state index contributed by atoms with van der Waals surface area (Å²) in [5, 5.41) is 21.3. The molecule has 0 fully saturated rings. The highest BCUT2D eigenvalue weighted by atomic mass is 16.5. The molecule has 4 N–H and O–H groups in total. The predicted molar refractivity (Wildman–Crippen MR) is 91.0 cm³/mol. The van der Waals surface area contributed by atoms with E-state index in [0.717, 1.165) is 4.68 Å². The molecule has 0 saturated carbocycles. The summed E-state index contributed by atoms with van der Waals surface area (Å²) in [5.41, 5.74) is 2.59. The summed E-state index contributed by atoms with van der Waals surface area (Å²) in [5.74, 6) is 6.10. The van der Waals surface area contributed by atoms with Crippen molar-refractivity contribution in [3.05, 3.63) is 39.8 Å². The topological polar surface area (TPSA) is 128 Å². The van der Waals surface area contributed by atoms with Crippen LogP contribution in [0.25, 0.3) is 0 Å². The first-order valence-electron chi connectivity index (χ1n) is 7.15. The molecule has 24 heavy (non-hydrogen) atoms. The van der Waals surface area contributed by atoms with E-state index in [1.807, 2.05) is 20.8 Å². The van der Waals surface area contributed by atoms with Crippen molar-refractivity contribution < 1.29 is 9.84 Å². The van der Waals surface area contributed by atoms with Crippen LogP contribution in [0.2, 0.25) is 0 Å². The van der Waals surface area contributed by atoms with Crippen LogP contribution in [0.3, 0.4) is 0 Å².